The molecule has 1 aromatic rings. The number of hydrogen-bond acceptors (Lipinski definition) is 2. The van der Waals surface area contributed by atoms with Gasteiger partial charge in [0.25, 0.3) is 0 Å². The molecule has 0 aliphatic rings. The fraction of sp³-hybridized carbons (Fsp3) is 0.125. The molecule has 0 aliphatic heterocycles. The zero-order valence-electron chi connectivity index (χ0n) is 7.10. The zero-order valence-corrected chi connectivity index (χ0v) is 8.61. The van der Waals surface area contributed by atoms with Crippen molar-refractivity contribution in [2.24, 2.45) is 0 Å². The molecule has 0 heterocycles. The topological polar surface area (TPSA) is 63.3 Å². The fourth-order valence-corrected chi connectivity index (χ4v) is 1.45. The van der Waals surface area contributed by atoms with E-state index >= 15 is 0 Å². The lowest BCUT2D eigenvalue weighted by Crippen LogP contribution is -2.26. The van der Waals surface area contributed by atoms with Crippen molar-refractivity contribution in [3.05, 3.63) is 27.7 Å². The van der Waals surface area contributed by atoms with Gasteiger partial charge in [-0.2, -0.15) is 8.78 Å². The minimum Gasteiger partial charge on any atom is -0.477 e. The summed E-state index contributed by atoms with van der Waals surface area (Å²) in [7, 11) is 0. The Morgan fingerprint density at radius 3 is 2.40 bits per heavy atom. The first kappa shape index (κ1) is 12.0. The summed E-state index contributed by atoms with van der Waals surface area (Å²) in [5.41, 5.74) is 3.84. The van der Waals surface area contributed by atoms with Crippen LogP contribution >= 0.6 is 23.2 Å². The fourth-order valence-electron chi connectivity index (χ4n) is 0.960. The van der Waals surface area contributed by atoms with Crippen LogP contribution in [0.2, 0.25) is 10.0 Å². The molecule has 15 heavy (non-hydrogen) atoms. The normalized spacial score (nSPS) is 11.5. The molecule has 0 saturated carbocycles. The van der Waals surface area contributed by atoms with Gasteiger partial charge in [-0.05, 0) is 12.1 Å². The monoisotopic (exact) mass is 255 g/mol. The first-order chi connectivity index (χ1) is 6.76. The van der Waals surface area contributed by atoms with E-state index in [1.54, 1.807) is 0 Å². The zero-order chi connectivity index (χ0) is 11.8. The Morgan fingerprint density at radius 2 is 1.93 bits per heavy atom. The van der Waals surface area contributed by atoms with Crippen LogP contribution in [0.1, 0.15) is 5.56 Å². The average Bonchev–Trinajstić information content (AvgIpc) is 2.10. The Morgan fingerprint density at radius 1 is 1.40 bits per heavy atom. The Balaban J connectivity index is 3.43. The van der Waals surface area contributed by atoms with E-state index in [-0.39, 0.29) is 10.0 Å². The Kier molecular flexibility index (Phi) is 3.06. The Hall–Kier alpha value is -1.07. The molecule has 3 N–H and O–H groups in total. The van der Waals surface area contributed by atoms with E-state index in [1.165, 1.54) is 0 Å². The van der Waals surface area contributed by atoms with Crippen molar-refractivity contribution in [1.29, 1.82) is 0 Å². The molecule has 0 saturated heterocycles. The van der Waals surface area contributed by atoms with Crippen LogP contribution in [-0.2, 0) is 10.7 Å². The molecule has 0 aliphatic carbocycles. The number of anilines is 1. The average molecular weight is 256 g/mol. The maximum absolute atomic E-state index is 13.1. The molecule has 0 unspecified atom stereocenters. The van der Waals surface area contributed by atoms with Gasteiger partial charge >= 0.3 is 11.9 Å². The van der Waals surface area contributed by atoms with E-state index in [0.29, 0.717) is 0 Å². The third-order valence-corrected chi connectivity index (χ3v) is 2.23. The first-order valence-electron chi connectivity index (χ1n) is 3.63. The van der Waals surface area contributed by atoms with Gasteiger partial charge in [-0.1, -0.05) is 23.2 Å². The van der Waals surface area contributed by atoms with E-state index in [1.807, 2.05) is 0 Å². The summed E-state index contributed by atoms with van der Waals surface area (Å²) in [4.78, 5) is 10.3. The molecule has 0 bridgehead atoms. The van der Waals surface area contributed by atoms with Crippen LogP contribution in [0.15, 0.2) is 12.1 Å². The number of hydrogen-bond donors (Lipinski definition) is 2. The summed E-state index contributed by atoms with van der Waals surface area (Å²) in [6.07, 6.45) is 0. The van der Waals surface area contributed by atoms with Crippen molar-refractivity contribution in [3.63, 3.8) is 0 Å². The number of alkyl halides is 2. The second kappa shape index (κ2) is 3.83. The van der Waals surface area contributed by atoms with Gasteiger partial charge in [0.1, 0.15) is 0 Å². The van der Waals surface area contributed by atoms with Gasteiger partial charge in [0.15, 0.2) is 0 Å². The van der Waals surface area contributed by atoms with Crippen molar-refractivity contribution >= 4 is 34.9 Å². The summed E-state index contributed by atoms with van der Waals surface area (Å²) in [6, 6.07) is 1.93. The Bertz CT molecular complexity index is 423. The quantitative estimate of drug-likeness (QED) is 0.799. The number of nitrogens with two attached hydrogens (primary N) is 1. The predicted molar refractivity (Wildman–Crippen MR) is 52.4 cm³/mol. The highest BCUT2D eigenvalue weighted by atomic mass is 35.5. The number of carbonyl (C=O) groups is 1. The van der Waals surface area contributed by atoms with Gasteiger partial charge in [0.2, 0.25) is 0 Å². The van der Waals surface area contributed by atoms with E-state index in [4.69, 9.17) is 34.0 Å². The second-order valence-electron chi connectivity index (χ2n) is 2.73. The van der Waals surface area contributed by atoms with E-state index in [2.05, 4.69) is 0 Å². The number of carboxylic acids is 1. The standard InChI is InChI=1S/C8H5Cl2F2NO2/c9-3-1-4(6(13)5(10)2-3)8(11,12)7(14)15/h1-2H,13H2,(H,14,15). The summed E-state index contributed by atoms with van der Waals surface area (Å²) in [5.74, 6) is -6.42. The molecule has 1 rings (SSSR count). The van der Waals surface area contributed by atoms with Crippen molar-refractivity contribution in [2.75, 3.05) is 5.73 Å². The first-order valence-corrected chi connectivity index (χ1v) is 4.38. The summed E-state index contributed by atoms with van der Waals surface area (Å²) in [5, 5.41) is 7.99. The minimum absolute atomic E-state index is 0.106. The van der Waals surface area contributed by atoms with Gasteiger partial charge < -0.3 is 10.8 Å². The highest BCUT2D eigenvalue weighted by Crippen LogP contribution is 2.38. The van der Waals surface area contributed by atoms with Crippen molar-refractivity contribution in [3.8, 4) is 0 Å². The Labute approximate surface area is 93.4 Å². The summed E-state index contributed by atoms with van der Waals surface area (Å²) >= 11 is 11.0. The molecule has 0 fully saturated rings. The second-order valence-corrected chi connectivity index (χ2v) is 3.57. The molecule has 3 nitrogen and oxygen atoms in total. The molecule has 0 amide bonds. The molecule has 0 atom stereocenters. The third kappa shape index (κ3) is 2.13. The van der Waals surface area contributed by atoms with E-state index < -0.39 is 23.1 Å². The van der Waals surface area contributed by atoms with Gasteiger partial charge in [-0.3, -0.25) is 0 Å². The molecule has 0 radical (unpaired) electrons. The lowest BCUT2D eigenvalue weighted by atomic mass is 10.1. The van der Waals surface area contributed by atoms with Gasteiger partial charge in [0, 0.05) is 5.02 Å². The molecule has 0 spiro atoms. The van der Waals surface area contributed by atoms with Crippen LogP contribution in [0.5, 0.6) is 0 Å². The molecule has 0 aromatic heterocycles. The lowest BCUT2D eigenvalue weighted by molar-refractivity contribution is -0.166. The van der Waals surface area contributed by atoms with Crippen molar-refractivity contribution < 1.29 is 18.7 Å². The molecular formula is C8H5Cl2F2NO2. The van der Waals surface area contributed by atoms with Crippen LogP contribution in [0.25, 0.3) is 0 Å². The highest BCUT2D eigenvalue weighted by molar-refractivity contribution is 6.36. The number of benzene rings is 1. The molecule has 7 heteroatoms. The van der Waals surface area contributed by atoms with Gasteiger partial charge in [-0.25, -0.2) is 4.79 Å². The van der Waals surface area contributed by atoms with Crippen LogP contribution < -0.4 is 5.73 Å². The number of rotatable bonds is 2. The largest absolute Gasteiger partial charge is 0.477 e. The van der Waals surface area contributed by atoms with E-state index in [9.17, 15) is 13.6 Å². The van der Waals surface area contributed by atoms with Crippen molar-refractivity contribution in [1.82, 2.24) is 0 Å². The maximum atomic E-state index is 13.1. The van der Waals surface area contributed by atoms with Crippen LogP contribution in [-0.4, -0.2) is 11.1 Å². The summed E-state index contributed by atoms with van der Waals surface area (Å²) in [6.45, 7) is 0. The minimum atomic E-state index is -4.11. The molecule has 1 aromatic carbocycles. The summed E-state index contributed by atoms with van der Waals surface area (Å²) < 4.78 is 26.2. The SMILES string of the molecule is Nc1c(Cl)cc(Cl)cc1C(F)(F)C(=O)O. The lowest BCUT2D eigenvalue weighted by Gasteiger charge is -2.15. The number of carboxylic acid groups (broad SMARTS) is 1. The maximum Gasteiger partial charge on any atom is 0.379 e. The van der Waals surface area contributed by atoms with Gasteiger partial charge in [-0.15, -0.1) is 0 Å². The smallest absolute Gasteiger partial charge is 0.379 e. The highest BCUT2D eigenvalue weighted by Gasteiger charge is 2.43. The van der Waals surface area contributed by atoms with E-state index in [0.717, 1.165) is 12.1 Å². The molecule has 82 valence electrons. The van der Waals surface area contributed by atoms with Crippen LogP contribution in [0.4, 0.5) is 14.5 Å². The predicted octanol–water partition coefficient (Wildman–Crippen LogP) is 2.75. The van der Waals surface area contributed by atoms with Crippen molar-refractivity contribution in [2.45, 2.75) is 5.92 Å². The number of nitrogen functional groups attached to an aromatic ring is 1. The number of aliphatic carboxylic acids is 1. The van der Waals surface area contributed by atoms with Crippen LogP contribution in [0.3, 0.4) is 0 Å². The van der Waals surface area contributed by atoms with Gasteiger partial charge in [0.05, 0.1) is 16.3 Å². The number of halogens is 4. The van der Waals surface area contributed by atoms with Crippen LogP contribution in [0, 0.1) is 0 Å². The molecular weight excluding hydrogens is 251 g/mol. The third-order valence-electron chi connectivity index (χ3n) is 1.70.